The highest BCUT2D eigenvalue weighted by atomic mass is 19.1. The number of halogens is 1. The van der Waals surface area contributed by atoms with Crippen molar-refractivity contribution >= 4 is 11.8 Å². The third kappa shape index (κ3) is 5.41. The first-order valence-electron chi connectivity index (χ1n) is 10.8. The van der Waals surface area contributed by atoms with Crippen molar-refractivity contribution in [2.75, 3.05) is 46.1 Å². The molecule has 9 heteroatoms. The van der Waals surface area contributed by atoms with E-state index in [-0.39, 0.29) is 50.1 Å². The monoisotopic (exact) mass is 436 g/mol. The van der Waals surface area contributed by atoms with Gasteiger partial charge in [0, 0.05) is 25.2 Å². The van der Waals surface area contributed by atoms with Gasteiger partial charge in [-0.2, -0.15) is 0 Å². The number of hydrogen-bond donors (Lipinski definition) is 1. The van der Waals surface area contributed by atoms with Crippen LogP contribution in [0.25, 0.3) is 0 Å². The molecule has 4 atom stereocenters. The van der Waals surface area contributed by atoms with Crippen molar-refractivity contribution in [3.05, 3.63) is 35.6 Å². The van der Waals surface area contributed by atoms with E-state index in [2.05, 4.69) is 0 Å². The zero-order chi connectivity index (χ0) is 21.8. The number of benzene rings is 1. The first kappa shape index (κ1) is 22.1. The number of carbonyl (C=O) groups excluding carboxylic acids is 2. The molecule has 1 aromatic carbocycles. The number of fused-ring (bicyclic) bond motifs is 1. The first-order valence-corrected chi connectivity index (χ1v) is 10.8. The largest absolute Gasteiger partial charge is 0.389 e. The minimum Gasteiger partial charge on any atom is -0.389 e. The summed E-state index contributed by atoms with van der Waals surface area (Å²) in [6.07, 6.45) is 0.0963. The Morgan fingerprint density at radius 3 is 2.55 bits per heavy atom. The van der Waals surface area contributed by atoms with Crippen LogP contribution in [0.3, 0.4) is 0 Å². The SMILES string of the molecule is O=C(C[C@@H]1CC[C@@H]2[C@H](COC[C@H](O)CN2C(=O)c2ccc(F)cc2)O1)N1CCOCC1. The number of aliphatic hydroxyl groups excluding tert-OH is 1. The number of carbonyl (C=O) groups is 2. The van der Waals surface area contributed by atoms with Crippen molar-refractivity contribution in [2.45, 2.75) is 43.6 Å². The summed E-state index contributed by atoms with van der Waals surface area (Å²) in [7, 11) is 0. The molecule has 0 spiro atoms. The Labute approximate surface area is 180 Å². The Morgan fingerprint density at radius 1 is 1.06 bits per heavy atom. The molecule has 0 radical (unpaired) electrons. The molecule has 0 unspecified atom stereocenters. The summed E-state index contributed by atoms with van der Waals surface area (Å²) in [5, 5.41) is 10.2. The molecule has 3 aliphatic rings. The molecule has 0 aromatic heterocycles. The van der Waals surface area contributed by atoms with Gasteiger partial charge < -0.3 is 29.1 Å². The van der Waals surface area contributed by atoms with Crippen molar-refractivity contribution in [3.8, 4) is 0 Å². The van der Waals surface area contributed by atoms with E-state index in [9.17, 15) is 19.1 Å². The lowest BCUT2D eigenvalue weighted by Gasteiger charge is -2.44. The number of amides is 2. The summed E-state index contributed by atoms with van der Waals surface area (Å²) in [4.78, 5) is 29.2. The summed E-state index contributed by atoms with van der Waals surface area (Å²) in [6, 6.07) is 5.10. The van der Waals surface area contributed by atoms with Crippen molar-refractivity contribution in [1.29, 1.82) is 0 Å². The third-order valence-corrected chi connectivity index (χ3v) is 6.10. The molecule has 2 amide bonds. The standard InChI is InChI=1S/C22H29FN2O6/c23-16-3-1-15(2-4-16)22(28)25-12-17(26)13-30-14-20-19(25)6-5-18(31-20)11-21(27)24-7-9-29-10-8-24/h1-4,17-20,26H,5-14H2/t17-,18+,19-,20+/m1/s1. The van der Waals surface area contributed by atoms with Gasteiger partial charge in [0.05, 0.1) is 51.1 Å². The fourth-order valence-electron chi connectivity index (χ4n) is 4.47. The lowest BCUT2D eigenvalue weighted by molar-refractivity contribution is -0.156. The van der Waals surface area contributed by atoms with Gasteiger partial charge in [0.25, 0.3) is 5.91 Å². The maximum Gasteiger partial charge on any atom is 0.254 e. The molecule has 4 rings (SSSR count). The van der Waals surface area contributed by atoms with E-state index in [1.807, 2.05) is 0 Å². The molecule has 3 aliphatic heterocycles. The van der Waals surface area contributed by atoms with Gasteiger partial charge in [0.1, 0.15) is 11.9 Å². The molecule has 3 heterocycles. The number of β-amino-alcohol motifs (C(OH)–C–C–N with tert-alkyl or cyclic N) is 1. The number of hydrogen-bond acceptors (Lipinski definition) is 6. The van der Waals surface area contributed by atoms with Crippen molar-refractivity contribution in [3.63, 3.8) is 0 Å². The Kier molecular flexibility index (Phi) is 7.16. The van der Waals surface area contributed by atoms with E-state index < -0.39 is 18.0 Å². The predicted octanol–water partition coefficient (Wildman–Crippen LogP) is 0.824. The van der Waals surface area contributed by atoms with Crippen LogP contribution < -0.4 is 0 Å². The number of nitrogens with zero attached hydrogens (tertiary/aromatic N) is 2. The van der Waals surface area contributed by atoms with E-state index in [0.717, 1.165) is 0 Å². The van der Waals surface area contributed by atoms with Gasteiger partial charge in [-0.25, -0.2) is 4.39 Å². The highest BCUT2D eigenvalue weighted by molar-refractivity contribution is 5.94. The van der Waals surface area contributed by atoms with E-state index in [4.69, 9.17) is 14.2 Å². The second kappa shape index (κ2) is 10.0. The van der Waals surface area contributed by atoms with Crippen LogP contribution in [-0.4, -0.2) is 97.1 Å². The van der Waals surface area contributed by atoms with Gasteiger partial charge in [-0.05, 0) is 37.1 Å². The van der Waals surface area contributed by atoms with Crippen molar-refractivity contribution in [1.82, 2.24) is 9.80 Å². The molecule has 8 nitrogen and oxygen atoms in total. The summed E-state index contributed by atoms with van der Waals surface area (Å²) < 4.78 is 30.4. The first-order chi connectivity index (χ1) is 15.0. The molecule has 3 saturated heterocycles. The Morgan fingerprint density at radius 2 is 1.81 bits per heavy atom. The number of morpholine rings is 1. The van der Waals surface area contributed by atoms with Crippen LogP contribution >= 0.6 is 0 Å². The van der Waals surface area contributed by atoms with E-state index in [1.54, 1.807) is 9.80 Å². The maximum absolute atomic E-state index is 13.3. The molecular weight excluding hydrogens is 407 g/mol. The molecule has 1 aromatic rings. The van der Waals surface area contributed by atoms with Crippen molar-refractivity contribution < 1.29 is 33.3 Å². The number of rotatable bonds is 3. The highest BCUT2D eigenvalue weighted by Gasteiger charge is 2.40. The molecule has 0 saturated carbocycles. The van der Waals surface area contributed by atoms with E-state index in [0.29, 0.717) is 44.7 Å². The maximum atomic E-state index is 13.3. The Bertz CT molecular complexity index is 770. The minimum atomic E-state index is -0.814. The number of ether oxygens (including phenoxy) is 3. The van der Waals surface area contributed by atoms with Crippen LogP contribution in [0.4, 0.5) is 4.39 Å². The van der Waals surface area contributed by atoms with Crippen LogP contribution in [-0.2, 0) is 19.0 Å². The van der Waals surface area contributed by atoms with Crippen LogP contribution in [0, 0.1) is 5.82 Å². The summed E-state index contributed by atoms with van der Waals surface area (Å²) in [5.41, 5.74) is 0.360. The van der Waals surface area contributed by atoms with Crippen LogP contribution in [0.15, 0.2) is 24.3 Å². The lowest BCUT2D eigenvalue weighted by Crippen LogP contribution is -2.57. The molecule has 170 valence electrons. The molecule has 3 fully saturated rings. The van der Waals surface area contributed by atoms with Gasteiger partial charge in [0.15, 0.2) is 0 Å². The summed E-state index contributed by atoms with van der Waals surface area (Å²) in [6.45, 7) is 2.74. The normalized spacial score (nSPS) is 29.6. The zero-order valence-corrected chi connectivity index (χ0v) is 17.5. The topological polar surface area (TPSA) is 88.5 Å². The number of aliphatic hydroxyl groups is 1. The summed E-state index contributed by atoms with van der Waals surface area (Å²) >= 11 is 0. The fraction of sp³-hybridized carbons (Fsp3) is 0.636. The van der Waals surface area contributed by atoms with Gasteiger partial charge in [0.2, 0.25) is 5.91 Å². The average molecular weight is 436 g/mol. The molecule has 1 N–H and O–H groups in total. The molecule has 0 aliphatic carbocycles. The fourth-order valence-corrected chi connectivity index (χ4v) is 4.47. The lowest BCUT2D eigenvalue weighted by atomic mass is 9.94. The quantitative estimate of drug-likeness (QED) is 0.755. The van der Waals surface area contributed by atoms with Crippen LogP contribution in [0.1, 0.15) is 29.6 Å². The second-order valence-corrected chi connectivity index (χ2v) is 8.29. The van der Waals surface area contributed by atoms with Gasteiger partial charge in [-0.3, -0.25) is 9.59 Å². The predicted molar refractivity (Wildman–Crippen MR) is 108 cm³/mol. The van der Waals surface area contributed by atoms with E-state index >= 15 is 0 Å². The second-order valence-electron chi connectivity index (χ2n) is 8.29. The highest BCUT2D eigenvalue weighted by Crippen LogP contribution is 2.29. The Balaban J connectivity index is 1.44. The van der Waals surface area contributed by atoms with Crippen LogP contribution in [0.2, 0.25) is 0 Å². The Hall–Kier alpha value is -2.07. The summed E-state index contributed by atoms with van der Waals surface area (Å²) in [5.74, 6) is -0.639. The van der Waals surface area contributed by atoms with Crippen molar-refractivity contribution in [2.24, 2.45) is 0 Å². The molecule has 0 bridgehead atoms. The van der Waals surface area contributed by atoms with Gasteiger partial charge in [-0.1, -0.05) is 0 Å². The van der Waals surface area contributed by atoms with Gasteiger partial charge in [-0.15, -0.1) is 0 Å². The third-order valence-electron chi connectivity index (χ3n) is 6.10. The molecule has 31 heavy (non-hydrogen) atoms. The van der Waals surface area contributed by atoms with Gasteiger partial charge >= 0.3 is 0 Å². The molecular formula is C22H29FN2O6. The smallest absolute Gasteiger partial charge is 0.254 e. The van der Waals surface area contributed by atoms with E-state index in [1.165, 1.54) is 24.3 Å². The average Bonchev–Trinajstić information content (AvgIpc) is 2.77. The zero-order valence-electron chi connectivity index (χ0n) is 17.5. The minimum absolute atomic E-state index is 0.0492. The van der Waals surface area contributed by atoms with Crippen LogP contribution in [0.5, 0.6) is 0 Å².